The maximum atomic E-state index is 12.9. The van der Waals surface area contributed by atoms with Crippen LogP contribution < -0.4 is 14.9 Å². The van der Waals surface area contributed by atoms with Gasteiger partial charge in [0.05, 0.1) is 29.2 Å². The van der Waals surface area contributed by atoms with Gasteiger partial charge in [-0.3, -0.25) is 13.9 Å². The van der Waals surface area contributed by atoms with Crippen LogP contribution in [0.3, 0.4) is 0 Å². The second-order valence-corrected chi connectivity index (χ2v) is 9.79. The zero-order valence-electron chi connectivity index (χ0n) is 18.2. The van der Waals surface area contributed by atoms with Gasteiger partial charge in [0, 0.05) is 5.02 Å². The van der Waals surface area contributed by atoms with Gasteiger partial charge in [-0.25, -0.2) is 8.42 Å². The molecule has 0 radical (unpaired) electrons. The lowest BCUT2D eigenvalue weighted by molar-refractivity contribution is -0.114. The number of sulfonamides is 1. The Kier molecular flexibility index (Phi) is 7.73. The van der Waals surface area contributed by atoms with Crippen molar-refractivity contribution in [1.29, 1.82) is 0 Å². The lowest BCUT2D eigenvalue weighted by Crippen LogP contribution is -2.37. The minimum Gasteiger partial charge on any atom is -0.345 e. The fourth-order valence-electron chi connectivity index (χ4n) is 3.22. The highest BCUT2D eigenvalue weighted by molar-refractivity contribution is 7.92. The summed E-state index contributed by atoms with van der Waals surface area (Å²) >= 11 is 5.88. The molecule has 172 valence electrons. The van der Waals surface area contributed by atoms with Crippen LogP contribution in [0.1, 0.15) is 28.9 Å². The Morgan fingerprint density at radius 1 is 0.939 bits per heavy atom. The number of para-hydroxylation sites is 1. The standard InChI is InChI=1S/C24H24ClN3O4S/c1-17(18-8-4-3-5-9-18)26-24(30)21-10-6-7-11-22(21)27-23(29)16-28(33(2,31)32)20-14-12-19(25)13-15-20/h3-15,17H,16H2,1-2H3,(H,26,30)(H,27,29). The average molecular weight is 486 g/mol. The number of benzene rings is 3. The van der Waals surface area contributed by atoms with Crippen molar-refractivity contribution < 1.29 is 18.0 Å². The van der Waals surface area contributed by atoms with Gasteiger partial charge < -0.3 is 10.6 Å². The van der Waals surface area contributed by atoms with Gasteiger partial charge in [-0.05, 0) is 48.9 Å². The maximum absolute atomic E-state index is 12.9. The summed E-state index contributed by atoms with van der Waals surface area (Å²) in [6.45, 7) is 1.40. The molecular formula is C24H24ClN3O4S. The van der Waals surface area contributed by atoms with E-state index in [-0.39, 0.29) is 23.2 Å². The Balaban J connectivity index is 1.76. The van der Waals surface area contributed by atoms with Gasteiger partial charge in [0.2, 0.25) is 15.9 Å². The van der Waals surface area contributed by atoms with Crippen LogP contribution in [-0.4, -0.2) is 33.0 Å². The molecule has 2 amide bonds. The summed E-state index contributed by atoms with van der Waals surface area (Å²) in [5.41, 5.74) is 1.80. The number of hydrogen-bond acceptors (Lipinski definition) is 4. The average Bonchev–Trinajstić information content (AvgIpc) is 2.78. The molecular weight excluding hydrogens is 462 g/mol. The number of nitrogens with one attached hydrogen (secondary N) is 2. The highest BCUT2D eigenvalue weighted by Gasteiger charge is 2.22. The summed E-state index contributed by atoms with van der Waals surface area (Å²) in [4.78, 5) is 25.6. The van der Waals surface area contributed by atoms with Gasteiger partial charge in [0.15, 0.2) is 0 Å². The molecule has 9 heteroatoms. The predicted octanol–water partition coefficient (Wildman–Crippen LogP) is 4.24. The Labute approximate surface area is 198 Å². The van der Waals surface area contributed by atoms with Crippen molar-refractivity contribution >= 4 is 44.8 Å². The number of amides is 2. The van der Waals surface area contributed by atoms with Gasteiger partial charge >= 0.3 is 0 Å². The number of rotatable bonds is 8. The summed E-state index contributed by atoms with van der Waals surface area (Å²) in [6.07, 6.45) is 1.02. The first kappa shape index (κ1) is 24.3. The molecule has 0 bridgehead atoms. The monoisotopic (exact) mass is 485 g/mol. The molecule has 3 aromatic carbocycles. The second kappa shape index (κ2) is 10.5. The van der Waals surface area contributed by atoms with Crippen LogP contribution in [0.25, 0.3) is 0 Å². The molecule has 0 aromatic heterocycles. The summed E-state index contributed by atoms with van der Waals surface area (Å²) in [6, 6.07) is 21.9. The van der Waals surface area contributed by atoms with Gasteiger partial charge in [-0.1, -0.05) is 54.1 Å². The Morgan fingerprint density at radius 2 is 1.55 bits per heavy atom. The molecule has 0 saturated heterocycles. The molecule has 0 aliphatic rings. The van der Waals surface area contributed by atoms with Gasteiger partial charge in [-0.2, -0.15) is 0 Å². The number of carbonyl (C=O) groups excluding carboxylic acids is 2. The predicted molar refractivity (Wildman–Crippen MR) is 131 cm³/mol. The molecule has 0 saturated carbocycles. The van der Waals surface area contributed by atoms with Crippen molar-refractivity contribution in [3.8, 4) is 0 Å². The van der Waals surface area contributed by atoms with Crippen molar-refractivity contribution in [3.63, 3.8) is 0 Å². The van der Waals surface area contributed by atoms with E-state index in [4.69, 9.17) is 11.6 Å². The van der Waals surface area contributed by atoms with Crippen molar-refractivity contribution in [3.05, 3.63) is 95.0 Å². The normalized spacial score (nSPS) is 12.0. The number of anilines is 2. The molecule has 0 heterocycles. The van der Waals surface area contributed by atoms with Gasteiger partial charge in [0.1, 0.15) is 6.54 Å². The van der Waals surface area contributed by atoms with Crippen LogP contribution in [0.5, 0.6) is 0 Å². The molecule has 1 atom stereocenters. The van der Waals surface area contributed by atoms with E-state index in [1.165, 1.54) is 12.1 Å². The van der Waals surface area contributed by atoms with E-state index in [9.17, 15) is 18.0 Å². The van der Waals surface area contributed by atoms with Crippen molar-refractivity contribution in [2.45, 2.75) is 13.0 Å². The maximum Gasteiger partial charge on any atom is 0.253 e. The van der Waals surface area contributed by atoms with Crippen molar-refractivity contribution in [2.24, 2.45) is 0 Å². The van der Waals surface area contributed by atoms with Crippen LogP contribution >= 0.6 is 11.6 Å². The molecule has 2 N–H and O–H groups in total. The number of hydrogen-bond donors (Lipinski definition) is 2. The Bertz CT molecular complexity index is 1230. The zero-order chi connectivity index (χ0) is 24.0. The first-order chi connectivity index (χ1) is 15.6. The molecule has 0 fully saturated rings. The minimum absolute atomic E-state index is 0.243. The molecule has 3 rings (SSSR count). The number of carbonyl (C=O) groups is 2. The van der Waals surface area contributed by atoms with Crippen LogP contribution in [0.15, 0.2) is 78.9 Å². The first-order valence-corrected chi connectivity index (χ1v) is 12.4. The minimum atomic E-state index is -3.74. The summed E-state index contributed by atoms with van der Waals surface area (Å²) in [5.74, 6) is -0.952. The van der Waals surface area contributed by atoms with E-state index in [1.54, 1.807) is 36.4 Å². The molecule has 0 aliphatic heterocycles. The van der Waals surface area contributed by atoms with E-state index < -0.39 is 22.5 Å². The third-order valence-electron chi connectivity index (χ3n) is 4.90. The molecule has 1 unspecified atom stereocenters. The summed E-state index contributed by atoms with van der Waals surface area (Å²) < 4.78 is 25.5. The molecule has 0 spiro atoms. The second-order valence-electron chi connectivity index (χ2n) is 7.45. The summed E-state index contributed by atoms with van der Waals surface area (Å²) in [5, 5.41) is 6.02. The smallest absolute Gasteiger partial charge is 0.253 e. The third kappa shape index (κ3) is 6.57. The van der Waals surface area contributed by atoms with E-state index in [1.807, 2.05) is 37.3 Å². The highest BCUT2D eigenvalue weighted by Crippen LogP contribution is 2.22. The first-order valence-electron chi connectivity index (χ1n) is 10.1. The molecule has 3 aromatic rings. The fraction of sp³-hybridized carbons (Fsp3) is 0.167. The Hall–Kier alpha value is -3.36. The number of halogens is 1. The van der Waals surface area contributed by atoms with E-state index >= 15 is 0 Å². The van der Waals surface area contributed by atoms with Gasteiger partial charge in [-0.15, -0.1) is 0 Å². The van der Waals surface area contributed by atoms with E-state index in [2.05, 4.69) is 10.6 Å². The third-order valence-corrected chi connectivity index (χ3v) is 6.29. The lowest BCUT2D eigenvalue weighted by Gasteiger charge is -2.22. The molecule has 33 heavy (non-hydrogen) atoms. The van der Waals surface area contributed by atoms with Crippen LogP contribution in [0.2, 0.25) is 5.02 Å². The Morgan fingerprint density at radius 3 is 2.18 bits per heavy atom. The topological polar surface area (TPSA) is 95.6 Å². The van der Waals surface area contributed by atoms with Crippen LogP contribution in [0.4, 0.5) is 11.4 Å². The van der Waals surface area contributed by atoms with Crippen molar-refractivity contribution in [2.75, 3.05) is 22.4 Å². The lowest BCUT2D eigenvalue weighted by atomic mass is 10.1. The zero-order valence-corrected chi connectivity index (χ0v) is 19.7. The summed E-state index contributed by atoms with van der Waals surface area (Å²) in [7, 11) is -3.74. The fourth-order valence-corrected chi connectivity index (χ4v) is 4.20. The largest absolute Gasteiger partial charge is 0.345 e. The van der Waals surface area contributed by atoms with Gasteiger partial charge in [0.25, 0.3) is 5.91 Å². The van der Waals surface area contributed by atoms with Crippen LogP contribution in [0, 0.1) is 0 Å². The molecule has 7 nitrogen and oxygen atoms in total. The van der Waals surface area contributed by atoms with E-state index in [0.29, 0.717) is 10.7 Å². The SMILES string of the molecule is CC(NC(=O)c1ccccc1NC(=O)CN(c1ccc(Cl)cc1)S(C)(=O)=O)c1ccccc1. The highest BCUT2D eigenvalue weighted by atomic mass is 35.5. The molecule has 0 aliphatic carbocycles. The van der Waals surface area contributed by atoms with E-state index in [0.717, 1.165) is 16.1 Å². The van der Waals surface area contributed by atoms with Crippen molar-refractivity contribution in [1.82, 2.24) is 5.32 Å². The number of nitrogens with zero attached hydrogens (tertiary/aromatic N) is 1. The van der Waals surface area contributed by atoms with Crippen LogP contribution in [-0.2, 0) is 14.8 Å². The quantitative estimate of drug-likeness (QED) is 0.499.